The molecule has 2 aromatic rings. The zero-order valence-electron chi connectivity index (χ0n) is 14.2. The van der Waals surface area contributed by atoms with Crippen molar-refractivity contribution in [2.45, 2.75) is 30.2 Å². The van der Waals surface area contributed by atoms with Gasteiger partial charge in [-0.05, 0) is 56.4 Å². The summed E-state index contributed by atoms with van der Waals surface area (Å²) < 4.78 is 21.1. The number of halogens is 2. The van der Waals surface area contributed by atoms with Crippen molar-refractivity contribution in [3.05, 3.63) is 29.3 Å². The van der Waals surface area contributed by atoms with E-state index >= 15 is 0 Å². The Morgan fingerprint density at radius 2 is 2.19 bits per heavy atom. The Morgan fingerprint density at radius 3 is 2.92 bits per heavy atom. The fourth-order valence-corrected chi connectivity index (χ4v) is 3.90. The van der Waals surface area contributed by atoms with E-state index in [4.69, 9.17) is 11.6 Å². The smallest absolute Gasteiger partial charge is 0.212 e. The van der Waals surface area contributed by atoms with E-state index in [1.807, 2.05) is 0 Å². The third-order valence-electron chi connectivity index (χ3n) is 4.04. The zero-order valence-corrected chi connectivity index (χ0v) is 16.6. The minimum atomic E-state index is -0.325. The van der Waals surface area contributed by atoms with E-state index in [2.05, 4.69) is 30.0 Å². The standard InChI is InChI=1S/C16H22ClFN6S2/c17-12-7-15(25-24-16-22-10-23-26-16)13(18)8-14(12)21-5-2-1-4-19-9-11-3-6-20-11/h7-8,10-11,19-21H,1-6,9H2,(H,22,23,24). The molecule has 0 amide bonds. The maximum Gasteiger partial charge on any atom is 0.212 e. The van der Waals surface area contributed by atoms with Crippen LogP contribution in [0.1, 0.15) is 19.3 Å². The van der Waals surface area contributed by atoms with Crippen LogP contribution in [0.25, 0.3) is 0 Å². The molecule has 0 saturated carbocycles. The quantitative estimate of drug-likeness (QED) is 0.329. The molecule has 0 aliphatic carbocycles. The summed E-state index contributed by atoms with van der Waals surface area (Å²) in [5.74, 6) is -0.325. The number of hydrogen-bond donors (Lipinski definition) is 4. The van der Waals surface area contributed by atoms with Crippen molar-refractivity contribution in [1.29, 1.82) is 0 Å². The van der Waals surface area contributed by atoms with Crippen molar-refractivity contribution in [2.24, 2.45) is 0 Å². The molecule has 1 fully saturated rings. The number of aromatic nitrogens is 2. The first kappa shape index (κ1) is 19.6. The first-order valence-corrected chi connectivity index (χ1v) is 10.6. The average Bonchev–Trinajstić information content (AvgIpc) is 3.10. The Kier molecular flexibility index (Phi) is 7.75. The minimum absolute atomic E-state index is 0.325. The van der Waals surface area contributed by atoms with Gasteiger partial charge in [0.1, 0.15) is 12.1 Å². The minimum Gasteiger partial charge on any atom is -0.384 e. The predicted molar refractivity (Wildman–Crippen MR) is 108 cm³/mol. The Morgan fingerprint density at radius 1 is 1.35 bits per heavy atom. The molecule has 6 nitrogen and oxygen atoms in total. The largest absolute Gasteiger partial charge is 0.384 e. The molecule has 10 heteroatoms. The van der Waals surface area contributed by atoms with E-state index < -0.39 is 0 Å². The molecular formula is C16H22ClFN6S2. The van der Waals surface area contributed by atoms with E-state index in [0.717, 1.165) is 51.0 Å². The lowest BCUT2D eigenvalue weighted by atomic mass is 10.1. The molecule has 1 saturated heterocycles. The number of anilines is 2. The molecule has 142 valence electrons. The predicted octanol–water partition coefficient (Wildman–Crippen LogP) is 3.59. The highest BCUT2D eigenvalue weighted by molar-refractivity contribution is 8.00. The maximum absolute atomic E-state index is 14.2. The third-order valence-corrected chi connectivity index (χ3v) is 5.89. The van der Waals surface area contributed by atoms with Crippen molar-refractivity contribution in [1.82, 2.24) is 20.0 Å². The van der Waals surface area contributed by atoms with Crippen LogP contribution in [-0.4, -0.2) is 41.6 Å². The van der Waals surface area contributed by atoms with Crippen LogP contribution in [0.3, 0.4) is 0 Å². The van der Waals surface area contributed by atoms with Gasteiger partial charge in [-0.15, -0.1) is 0 Å². The van der Waals surface area contributed by atoms with Crippen LogP contribution in [-0.2, 0) is 0 Å². The summed E-state index contributed by atoms with van der Waals surface area (Å²) in [6.07, 6.45) is 4.78. The highest BCUT2D eigenvalue weighted by atomic mass is 35.5. The summed E-state index contributed by atoms with van der Waals surface area (Å²) in [4.78, 5) is 4.41. The van der Waals surface area contributed by atoms with E-state index in [9.17, 15) is 4.39 Å². The first-order chi connectivity index (χ1) is 12.7. The van der Waals surface area contributed by atoms with Gasteiger partial charge in [0.05, 0.1) is 15.6 Å². The highest BCUT2D eigenvalue weighted by Gasteiger charge is 2.14. The molecule has 1 aromatic heterocycles. The average molecular weight is 417 g/mol. The molecule has 0 spiro atoms. The molecule has 1 aromatic carbocycles. The lowest BCUT2D eigenvalue weighted by Crippen LogP contribution is -2.49. The van der Waals surface area contributed by atoms with Gasteiger partial charge in [0, 0.05) is 30.7 Å². The van der Waals surface area contributed by atoms with Gasteiger partial charge in [-0.3, -0.25) is 0 Å². The van der Waals surface area contributed by atoms with Crippen LogP contribution < -0.4 is 20.7 Å². The molecule has 1 atom stereocenters. The summed E-state index contributed by atoms with van der Waals surface area (Å²) in [6.45, 7) is 3.94. The maximum atomic E-state index is 14.2. The molecule has 0 radical (unpaired) electrons. The molecule has 2 heterocycles. The lowest BCUT2D eigenvalue weighted by Gasteiger charge is -2.27. The van der Waals surface area contributed by atoms with E-state index in [0.29, 0.717) is 26.8 Å². The van der Waals surface area contributed by atoms with Crippen LogP contribution in [0.2, 0.25) is 5.02 Å². The normalized spacial score (nSPS) is 16.3. The van der Waals surface area contributed by atoms with Gasteiger partial charge in [0.2, 0.25) is 5.13 Å². The van der Waals surface area contributed by atoms with Crippen molar-refractivity contribution in [2.75, 3.05) is 36.2 Å². The fourth-order valence-electron chi connectivity index (χ4n) is 2.46. The Labute approximate surface area is 166 Å². The molecule has 1 aliphatic heterocycles. The molecule has 3 rings (SSSR count). The van der Waals surface area contributed by atoms with Crippen molar-refractivity contribution >= 4 is 45.9 Å². The fraction of sp³-hybridized carbons (Fsp3) is 0.500. The van der Waals surface area contributed by atoms with E-state index in [1.54, 1.807) is 6.07 Å². The van der Waals surface area contributed by atoms with Gasteiger partial charge in [-0.25, -0.2) is 9.37 Å². The monoisotopic (exact) mass is 416 g/mol. The Hall–Kier alpha value is -1.13. The van der Waals surface area contributed by atoms with Gasteiger partial charge in [0.25, 0.3) is 0 Å². The molecular weight excluding hydrogens is 395 g/mol. The molecule has 1 aliphatic rings. The number of benzene rings is 1. The van der Waals surface area contributed by atoms with Crippen LogP contribution in [0, 0.1) is 5.82 Å². The lowest BCUT2D eigenvalue weighted by molar-refractivity contribution is 0.353. The highest BCUT2D eigenvalue weighted by Crippen LogP contribution is 2.31. The summed E-state index contributed by atoms with van der Waals surface area (Å²) in [7, 11) is 0. The summed E-state index contributed by atoms with van der Waals surface area (Å²) in [5, 5.41) is 11.1. The van der Waals surface area contributed by atoms with E-state index in [-0.39, 0.29) is 5.82 Å². The van der Waals surface area contributed by atoms with Crippen LogP contribution >= 0.6 is 35.1 Å². The third kappa shape index (κ3) is 5.95. The molecule has 1 unspecified atom stereocenters. The molecule has 0 bridgehead atoms. The number of unbranched alkanes of at least 4 members (excludes halogenated alkanes) is 1. The van der Waals surface area contributed by atoms with Crippen molar-refractivity contribution < 1.29 is 4.39 Å². The second-order valence-electron chi connectivity index (χ2n) is 5.99. The Balaban J connectivity index is 1.36. The van der Waals surface area contributed by atoms with Gasteiger partial charge < -0.3 is 20.7 Å². The topological polar surface area (TPSA) is 73.9 Å². The summed E-state index contributed by atoms with van der Waals surface area (Å²) in [5.41, 5.74) is 0.621. The molecule has 4 N–H and O–H groups in total. The number of rotatable bonds is 11. The summed E-state index contributed by atoms with van der Waals surface area (Å²) >= 11 is 8.61. The van der Waals surface area contributed by atoms with Gasteiger partial charge >= 0.3 is 0 Å². The number of hydrogen-bond acceptors (Lipinski definition) is 8. The zero-order chi connectivity index (χ0) is 18.2. The van der Waals surface area contributed by atoms with E-state index in [1.165, 1.54) is 30.3 Å². The number of nitrogens with zero attached hydrogens (tertiary/aromatic N) is 2. The Bertz CT molecular complexity index is 684. The summed E-state index contributed by atoms with van der Waals surface area (Å²) in [6, 6.07) is 3.70. The first-order valence-electron chi connectivity index (χ1n) is 8.59. The van der Waals surface area contributed by atoms with Gasteiger partial charge in [0.15, 0.2) is 0 Å². The number of nitrogens with one attached hydrogen (secondary N) is 4. The molecule has 26 heavy (non-hydrogen) atoms. The van der Waals surface area contributed by atoms with Crippen molar-refractivity contribution in [3.8, 4) is 0 Å². The second-order valence-corrected chi connectivity index (χ2v) is 8.03. The van der Waals surface area contributed by atoms with Gasteiger partial charge in [-0.1, -0.05) is 11.6 Å². The van der Waals surface area contributed by atoms with Gasteiger partial charge in [-0.2, -0.15) is 4.37 Å². The second kappa shape index (κ2) is 10.3. The van der Waals surface area contributed by atoms with Crippen LogP contribution in [0.5, 0.6) is 0 Å². The van der Waals surface area contributed by atoms with Crippen LogP contribution in [0.4, 0.5) is 15.2 Å². The SMILES string of the molecule is Fc1cc(NCCCCNCC2CCN2)c(Cl)cc1SNc1ncns1. The van der Waals surface area contributed by atoms with Crippen molar-refractivity contribution in [3.63, 3.8) is 0 Å². The van der Waals surface area contributed by atoms with Crippen LogP contribution in [0.15, 0.2) is 23.4 Å².